The Morgan fingerprint density at radius 2 is 2.24 bits per heavy atom. The molecule has 1 atom stereocenters. The fourth-order valence-electron chi connectivity index (χ4n) is 2.41. The van der Waals surface area contributed by atoms with Crippen LogP contribution in [0.15, 0.2) is 0 Å². The molecule has 2 heterocycles. The SMILES string of the molecule is Cc1nc(C)c(C(=O)N(CCC(=O)O)C[C@@H]2CCCO2)s1. The summed E-state index contributed by atoms with van der Waals surface area (Å²) in [4.78, 5) is 29.9. The summed E-state index contributed by atoms with van der Waals surface area (Å²) in [6, 6.07) is 0. The van der Waals surface area contributed by atoms with Crippen LogP contribution in [0.4, 0.5) is 0 Å². The molecule has 7 heteroatoms. The second-order valence-corrected chi connectivity index (χ2v) is 6.38. The van der Waals surface area contributed by atoms with E-state index in [-0.39, 0.29) is 25.0 Å². The first-order valence-corrected chi connectivity index (χ1v) is 7.85. The van der Waals surface area contributed by atoms with E-state index in [4.69, 9.17) is 9.84 Å². The van der Waals surface area contributed by atoms with Crippen molar-refractivity contribution in [1.82, 2.24) is 9.88 Å². The van der Waals surface area contributed by atoms with Gasteiger partial charge in [0, 0.05) is 19.7 Å². The molecule has 1 aromatic heterocycles. The van der Waals surface area contributed by atoms with Crippen LogP contribution in [-0.4, -0.2) is 52.7 Å². The zero-order valence-electron chi connectivity index (χ0n) is 12.3. The van der Waals surface area contributed by atoms with E-state index >= 15 is 0 Å². The number of thiazole rings is 1. The van der Waals surface area contributed by atoms with Gasteiger partial charge in [-0.1, -0.05) is 0 Å². The minimum absolute atomic E-state index is 0.0112. The second-order valence-electron chi connectivity index (χ2n) is 5.18. The number of carboxylic acid groups (broad SMARTS) is 1. The summed E-state index contributed by atoms with van der Waals surface area (Å²) >= 11 is 1.35. The molecule has 1 saturated heterocycles. The Kier molecular flexibility index (Phi) is 5.30. The number of carboxylic acids is 1. The van der Waals surface area contributed by atoms with Crippen LogP contribution in [0, 0.1) is 13.8 Å². The lowest BCUT2D eigenvalue weighted by Gasteiger charge is -2.24. The molecule has 1 aliphatic heterocycles. The fraction of sp³-hybridized carbons (Fsp3) is 0.643. The van der Waals surface area contributed by atoms with Crippen molar-refractivity contribution in [3.05, 3.63) is 15.6 Å². The van der Waals surface area contributed by atoms with Gasteiger partial charge in [-0.3, -0.25) is 9.59 Å². The van der Waals surface area contributed by atoms with Crippen molar-refractivity contribution in [2.45, 2.75) is 39.2 Å². The van der Waals surface area contributed by atoms with Crippen LogP contribution in [0.3, 0.4) is 0 Å². The first-order chi connectivity index (χ1) is 9.97. The predicted octanol–water partition coefficient (Wildman–Crippen LogP) is 1.86. The Labute approximate surface area is 127 Å². The lowest BCUT2D eigenvalue weighted by atomic mass is 10.2. The number of aryl methyl sites for hydroxylation is 2. The third-order valence-corrected chi connectivity index (χ3v) is 4.49. The van der Waals surface area contributed by atoms with Gasteiger partial charge in [-0.2, -0.15) is 0 Å². The van der Waals surface area contributed by atoms with E-state index in [1.165, 1.54) is 11.3 Å². The van der Waals surface area contributed by atoms with Crippen LogP contribution in [0.25, 0.3) is 0 Å². The van der Waals surface area contributed by atoms with Gasteiger partial charge in [-0.25, -0.2) is 4.98 Å². The molecule has 0 spiro atoms. The Balaban J connectivity index is 2.10. The molecule has 1 N–H and O–H groups in total. The summed E-state index contributed by atoms with van der Waals surface area (Å²) in [5.41, 5.74) is 0.704. The molecule has 21 heavy (non-hydrogen) atoms. The normalized spacial score (nSPS) is 17.9. The third-order valence-electron chi connectivity index (χ3n) is 3.43. The Morgan fingerprint density at radius 1 is 1.48 bits per heavy atom. The highest BCUT2D eigenvalue weighted by atomic mass is 32.1. The highest BCUT2D eigenvalue weighted by Crippen LogP contribution is 2.21. The lowest BCUT2D eigenvalue weighted by molar-refractivity contribution is -0.137. The van der Waals surface area contributed by atoms with Crippen molar-refractivity contribution >= 4 is 23.2 Å². The number of aromatic nitrogens is 1. The molecule has 6 nitrogen and oxygen atoms in total. The molecule has 0 aliphatic carbocycles. The molecular formula is C14H20N2O4S. The first-order valence-electron chi connectivity index (χ1n) is 7.04. The van der Waals surface area contributed by atoms with Crippen LogP contribution < -0.4 is 0 Å². The van der Waals surface area contributed by atoms with Crippen molar-refractivity contribution in [3.63, 3.8) is 0 Å². The van der Waals surface area contributed by atoms with Crippen molar-refractivity contribution in [2.75, 3.05) is 19.7 Å². The van der Waals surface area contributed by atoms with Crippen LogP contribution in [-0.2, 0) is 9.53 Å². The van der Waals surface area contributed by atoms with Crippen LogP contribution >= 0.6 is 11.3 Å². The standard InChI is InChI=1S/C14H20N2O4S/c1-9-13(21-10(2)15-9)14(19)16(6-5-12(17)18)8-11-4-3-7-20-11/h11H,3-8H2,1-2H3,(H,17,18)/t11-/m0/s1. The Bertz CT molecular complexity index is 523. The molecule has 0 radical (unpaired) electrons. The van der Waals surface area contributed by atoms with Gasteiger partial charge in [0.1, 0.15) is 4.88 Å². The number of ether oxygens (including phenoxy) is 1. The quantitative estimate of drug-likeness (QED) is 0.867. The summed E-state index contributed by atoms with van der Waals surface area (Å²) in [7, 11) is 0. The topological polar surface area (TPSA) is 79.7 Å². The number of carbonyl (C=O) groups is 2. The summed E-state index contributed by atoms with van der Waals surface area (Å²) in [5.74, 6) is -1.05. The molecule has 1 aromatic rings. The molecule has 116 valence electrons. The van der Waals surface area contributed by atoms with E-state index in [1.54, 1.807) is 11.8 Å². The van der Waals surface area contributed by atoms with Crippen molar-refractivity contribution in [2.24, 2.45) is 0 Å². The van der Waals surface area contributed by atoms with E-state index in [0.717, 1.165) is 17.8 Å². The van der Waals surface area contributed by atoms with Crippen molar-refractivity contribution < 1.29 is 19.4 Å². The number of hydrogen-bond acceptors (Lipinski definition) is 5. The summed E-state index contributed by atoms with van der Waals surface area (Å²) in [5, 5.41) is 9.69. The number of carbonyl (C=O) groups excluding carboxylic acids is 1. The van der Waals surface area contributed by atoms with Gasteiger partial charge in [-0.15, -0.1) is 11.3 Å². The minimum atomic E-state index is -0.905. The molecule has 1 aliphatic rings. The van der Waals surface area contributed by atoms with E-state index < -0.39 is 5.97 Å². The molecule has 0 unspecified atom stereocenters. The van der Waals surface area contributed by atoms with Crippen molar-refractivity contribution in [3.8, 4) is 0 Å². The molecule has 1 fully saturated rings. The molecule has 0 aromatic carbocycles. The zero-order chi connectivity index (χ0) is 15.4. The Hall–Kier alpha value is -1.47. The highest BCUT2D eigenvalue weighted by molar-refractivity contribution is 7.13. The lowest BCUT2D eigenvalue weighted by Crippen LogP contribution is -2.38. The van der Waals surface area contributed by atoms with Gasteiger partial charge in [0.15, 0.2) is 0 Å². The monoisotopic (exact) mass is 312 g/mol. The van der Waals surface area contributed by atoms with Gasteiger partial charge in [0.25, 0.3) is 5.91 Å². The van der Waals surface area contributed by atoms with E-state index in [9.17, 15) is 9.59 Å². The summed E-state index contributed by atoms with van der Waals surface area (Å²) in [6.07, 6.45) is 1.86. The minimum Gasteiger partial charge on any atom is -0.481 e. The average Bonchev–Trinajstić information content (AvgIpc) is 3.03. The zero-order valence-corrected chi connectivity index (χ0v) is 13.1. The fourth-order valence-corrected chi connectivity index (χ4v) is 3.30. The van der Waals surface area contributed by atoms with Gasteiger partial charge in [0.05, 0.1) is 23.2 Å². The molecule has 1 amide bonds. The van der Waals surface area contributed by atoms with Gasteiger partial charge >= 0.3 is 5.97 Å². The van der Waals surface area contributed by atoms with Crippen molar-refractivity contribution in [1.29, 1.82) is 0 Å². The molecule has 0 saturated carbocycles. The number of nitrogens with zero attached hydrogens (tertiary/aromatic N) is 2. The smallest absolute Gasteiger partial charge is 0.305 e. The van der Waals surface area contributed by atoms with Crippen LogP contribution in [0.5, 0.6) is 0 Å². The molecular weight excluding hydrogens is 292 g/mol. The van der Waals surface area contributed by atoms with E-state index in [0.29, 0.717) is 23.7 Å². The largest absolute Gasteiger partial charge is 0.481 e. The maximum absolute atomic E-state index is 12.6. The van der Waals surface area contributed by atoms with Gasteiger partial charge < -0.3 is 14.7 Å². The van der Waals surface area contributed by atoms with E-state index in [2.05, 4.69) is 4.98 Å². The summed E-state index contributed by atoms with van der Waals surface area (Å²) in [6.45, 7) is 5.02. The first kappa shape index (κ1) is 15.9. The third kappa shape index (κ3) is 4.25. The highest BCUT2D eigenvalue weighted by Gasteiger charge is 2.26. The average molecular weight is 312 g/mol. The predicted molar refractivity (Wildman–Crippen MR) is 78.7 cm³/mol. The second kappa shape index (κ2) is 7.00. The van der Waals surface area contributed by atoms with E-state index in [1.807, 2.05) is 6.92 Å². The number of aliphatic carboxylic acids is 1. The van der Waals surface area contributed by atoms with Crippen LogP contribution in [0.1, 0.15) is 39.6 Å². The molecule has 0 bridgehead atoms. The Morgan fingerprint density at radius 3 is 2.76 bits per heavy atom. The number of amides is 1. The van der Waals surface area contributed by atoms with Gasteiger partial charge in [-0.05, 0) is 26.7 Å². The van der Waals surface area contributed by atoms with Gasteiger partial charge in [0.2, 0.25) is 0 Å². The summed E-state index contributed by atoms with van der Waals surface area (Å²) < 4.78 is 5.56. The molecule has 2 rings (SSSR count). The number of rotatable bonds is 6. The maximum Gasteiger partial charge on any atom is 0.305 e. The number of hydrogen-bond donors (Lipinski definition) is 1. The van der Waals surface area contributed by atoms with Crippen LogP contribution in [0.2, 0.25) is 0 Å². The maximum atomic E-state index is 12.6.